The Balaban J connectivity index is 2.02. The normalized spacial score (nSPS) is 29.5. The van der Waals surface area contributed by atoms with Crippen LogP contribution in [0.2, 0.25) is 0 Å². The molecule has 19 heavy (non-hydrogen) atoms. The van der Waals surface area contributed by atoms with E-state index in [1.54, 1.807) is 0 Å². The van der Waals surface area contributed by atoms with Crippen molar-refractivity contribution in [2.75, 3.05) is 0 Å². The predicted octanol–water partition coefficient (Wildman–Crippen LogP) is 3.00. The van der Waals surface area contributed by atoms with E-state index in [-0.39, 0.29) is 0 Å². The summed E-state index contributed by atoms with van der Waals surface area (Å²) in [4.78, 5) is 11.5. The molecule has 2 saturated heterocycles. The van der Waals surface area contributed by atoms with Gasteiger partial charge in [-0.3, -0.25) is 0 Å². The smallest absolute Gasteiger partial charge is 0.335 e. The zero-order valence-electron chi connectivity index (χ0n) is 11.6. The van der Waals surface area contributed by atoms with Gasteiger partial charge in [0.1, 0.15) is 0 Å². The Labute approximate surface area is 114 Å². The summed E-state index contributed by atoms with van der Waals surface area (Å²) in [6.07, 6.45) is 4.66. The molecule has 0 spiro atoms. The van der Waals surface area contributed by atoms with Crippen molar-refractivity contribution in [3.8, 4) is 0 Å². The summed E-state index contributed by atoms with van der Waals surface area (Å²) in [5.74, 6) is -0.377. The van der Waals surface area contributed by atoms with Crippen LogP contribution in [0.1, 0.15) is 58.6 Å². The van der Waals surface area contributed by atoms with Crippen molar-refractivity contribution in [1.29, 1.82) is 0 Å². The number of aryl methyl sites for hydroxylation is 2. The first-order valence-electron chi connectivity index (χ1n) is 7.15. The van der Waals surface area contributed by atoms with Gasteiger partial charge in [0.15, 0.2) is 0 Å². The number of nitrogens with one attached hydrogen (secondary N) is 1. The van der Waals surface area contributed by atoms with Gasteiger partial charge < -0.3 is 10.4 Å². The molecule has 2 aliphatic rings. The van der Waals surface area contributed by atoms with Gasteiger partial charge in [0.05, 0.1) is 5.56 Å². The number of carbonyl (C=O) groups is 1. The maximum atomic E-state index is 11.5. The van der Waals surface area contributed by atoms with E-state index in [1.165, 1.54) is 12.8 Å². The second-order valence-corrected chi connectivity index (χ2v) is 6.15. The van der Waals surface area contributed by atoms with Crippen LogP contribution < -0.4 is 5.32 Å². The van der Waals surface area contributed by atoms with Gasteiger partial charge in [0, 0.05) is 12.1 Å². The summed E-state index contributed by atoms with van der Waals surface area (Å²) in [7, 11) is 0. The van der Waals surface area contributed by atoms with Crippen LogP contribution in [-0.2, 0) is 0 Å². The third-order valence-electron chi connectivity index (χ3n) is 4.64. The molecule has 3 rings (SSSR count). The molecule has 2 atom stereocenters. The topological polar surface area (TPSA) is 49.3 Å². The second kappa shape index (κ2) is 4.64. The highest BCUT2D eigenvalue weighted by Gasteiger charge is 2.36. The second-order valence-electron chi connectivity index (χ2n) is 6.15. The average Bonchev–Trinajstić information content (AvgIpc) is 2.67. The molecule has 0 aromatic heterocycles. The number of hydrogen-bond donors (Lipinski definition) is 2. The van der Waals surface area contributed by atoms with E-state index in [4.69, 9.17) is 0 Å². The van der Waals surface area contributed by atoms with Crippen LogP contribution in [0.25, 0.3) is 0 Å². The Morgan fingerprint density at radius 2 is 1.84 bits per heavy atom. The van der Waals surface area contributed by atoms with Crippen molar-refractivity contribution in [3.05, 3.63) is 34.4 Å². The maximum absolute atomic E-state index is 11.5. The van der Waals surface area contributed by atoms with Gasteiger partial charge in [-0.2, -0.15) is 0 Å². The zero-order chi connectivity index (χ0) is 13.6. The number of fused-ring (bicyclic) bond motifs is 2. The van der Waals surface area contributed by atoms with Crippen molar-refractivity contribution in [2.45, 2.75) is 57.5 Å². The van der Waals surface area contributed by atoms with Crippen LogP contribution in [0.15, 0.2) is 12.1 Å². The Bertz CT molecular complexity index is 512. The van der Waals surface area contributed by atoms with E-state index in [0.29, 0.717) is 23.6 Å². The lowest BCUT2D eigenvalue weighted by molar-refractivity contribution is 0.0694. The predicted molar refractivity (Wildman–Crippen MR) is 74.8 cm³/mol. The Hall–Kier alpha value is -1.35. The largest absolute Gasteiger partial charge is 0.478 e. The molecule has 2 heterocycles. The molecule has 0 aliphatic carbocycles. The van der Waals surface area contributed by atoms with Crippen LogP contribution >= 0.6 is 0 Å². The lowest BCUT2D eigenvalue weighted by Crippen LogP contribution is -2.37. The number of piperidine rings is 1. The minimum atomic E-state index is -0.785. The molecule has 3 nitrogen and oxygen atoms in total. The summed E-state index contributed by atoms with van der Waals surface area (Å²) in [5, 5.41) is 13.1. The fourth-order valence-corrected chi connectivity index (χ4v) is 3.99. The first-order chi connectivity index (χ1) is 9.04. The number of hydrogen-bond acceptors (Lipinski definition) is 2. The van der Waals surface area contributed by atoms with Crippen LogP contribution in [0, 0.1) is 13.8 Å². The van der Waals surface area contributed by atoms with Crippen molar-refractivity contribution < 1.29 is 9.90 Å². The lowest BCUT2D eigenvalue weighted by Gasteiger charge is -2.31. The summed E-state index contributed by atoms with van der Waals surface area (Å²) >= 11 is 0. The summed E-state index contributed by atoms with van der Waals surface area (Å²) in [6, 6.07) is 5.12. The van der Waals surface area contributed by atoms with Gasteiger partial charge in [-0.15, -0.1) is 0 Å². The number of aromatic carboxylic acids is 1. The summed E-state index contributed by atoms with van der Waals surface area (Å²) in [6.45, 7) is 4.02. The van der Waals surface area contributed by atoms with E-state index in [9.17, 15) is 9.90 Å². The minimum absolute atomic E-state index is 0.408. The average molecular weight is 259 g/mol. The molecular formula is C16H21NO2. The minimum Gasteiger partial charge on any atom is -0.478 e. The Kier molecular flexibility index (Phi) is 3.09. The van der Waals surface area contributed by atoms with Gasteiger partial charge in [0.25, 0.3) is 0 Å². The molecule has 3 heteroatoms. The van der Waals surface area contributed by atoms with Crippen LogP contribution in [0.3, 0.4) is 0 Å². The van der Waals surface area contributed by atoms with Crippen molar-refractivity contribution in [1.82, 2.24) is 5.32 Å². The van der Waals surface area contributed by atoms with Gasteiger partial charge in [-0.1, -0.05) is 6.07 Å². The van der Waals surface area contributed by atoms with Crippen molar-refractivity contribution >= 4 is 5.97 Å². The van der Waals surface area contributed by atoms with Gasteiger partial charge in [0.2, 0.25) is 0 Å². The number of benzene rings is 1. The molecule has 102 valence electrons. The highest BCUT2D eigenvalue weighted by molar-refractivity contribution is 5.90. The monoisotopic (exact) mass is 259 g/mol. The number of carboxylic acids is 1. The first kappa shape index (κ1) is 12.7. The molecule has 0 saturated carbocycles. The fourth-order valence-electron chi connectivity index (χ4n) is 3.99. The summed E-state index contributed by atoms with van der Waals surface area (Å²) in [5.41, 5.74) is 3.78. The van der Waals surface area contributed by atoms with E-state index < -0.39 is 5.97 Å². The quantitative estimate of drug-likeness (QED) is 0.858. The van der Waals surface area contributed by atoms with E-state index in [2.05, 4.69) is 18.3 Å². The molecule has 2 unspecified atom stereocenters. The van der Waals surface area contributed by atoms with Crippen molar-refractivity contribution in [3.63, 3.8) is 0 Å². The standard InChI is InChI=1S/C16H21NO2/c1-9-5-10(2)15(14(6-9)16(18)19)11-7-12-3-4-13(8-11)17-12/h5-6,11-13,17H,3-4,7-8H2,1-2H3,(H,18,19). The molecular weight excluding hydrogens is 238 g/mol. The number of rotatable bonds is 2. The number of carboxylic acid groups (broad SMARTS) is 1. The molecule has 1 aromatic carbocycles. The lowest BCUT2D eigenvalue weighted by atomic mass is 9.81. The zero-order valence-corrected chi connectivity index (χ0v) is 11.6. The van der Waals surface area contributed by atoms with E-state index in [1.807, 2.05) is 13.0 Å². The van der Waals surface area contributed by atoms with E-state index >= 15 is 0 Å². The molecule has 2 N–H and O–H groups in total. The van der Waals surface area contributed by atoms with Crippen LogP contribution in [0.4, 0.5) is 0 Å². The summed E-state index contributed by atoms with van der Waals surface area (Å²) < 4.78 is 0. The first-order valence-corrected chi connectivity index (χ1v) is 7.15. The highest BCUT2D eigenvalue weighted by Crippen LogP contribution is 2.40. The molecule has 1 aromatic rings. The fraction of sp³-hybridized carbons (Fsp3) is 0.562. The maximum Gasteiger partial charge on any atom is 0.335 e. The van der Waals surface area contributed by atoms with Gasteiger partial charge in [-0.05, 0) is 68.2 Å². The Morgan fingerprint density at radius 1 is 1.21 bits per heavy atom. The SMILES string of the molecule is Cc1cc(C)c(C2CC3CCC(C2)N3)c(C(=O)O)c1. The Morgan fingerprint density at radius 3 is 2.42 bits per heavy atom. The third kappa shape index (κ3) is 2.27. The van der Waals surface area contributed by atoms with E-state index in [0.717, 1.165) is 29.5 Å². The molecule has 0 amide bonds. The van der Waals surface area contributed by atoms with Gasteiger partial charge in [-0.25, -0.2) is 4.79 Å². The van der Waals surface area contributed by atoms with Crippen LogP contribution in [-0.4, -0.2) is 23.2 Å². The molecule has 2 aliphatic heterocycles. The molecule has 0 radical (unpaired) electrons. The van der Waals surface area contributed by atoms with Crippen LogP contribution in [0.5, 0.6) is 0 Å². The third-order valence-corrected chi connectivity index (χ3v) is 4.64. The van der Waals surface area contributed by atoms with Crippen molar-refractivity contribution in [2.24, 2.45) is 0 Å². The van der Waals surface area contributed by atoms with Gasteiger partial charge >= 0.3 is 5.97 Å². The molecule has 2 bridgehead atoms. The molecule has 2 fully saturated rings. The highest BCUT2D eigenvalue weighted by atomic mass is 16.4.